The number of fused-ring (bicyclic) bond motifs is 2. The van der Waals surface area contributed by atoms with E-state index >= 15 is 0 Å². The molecule has 4 heteroatoms. The van der Waals surface area contributed by atoms with Crippen LogP contribution in [0.15, 0.2) is 59.8 Å². The smallest absolute Gasteiger partial charge is 0.311 e. The molecule has 2 bridgehead atoms. The molecule has 0 heterocycles. The van der Waals surface area contributed by atoms with Crippen LogP contribution >= 0.6 is 0 Å². The highest BCUT2D eigenvalue weighted by Crippen LogP contribution is 2.60. The summed E-state index contributed by atoms with van der Waals surface area (Å²) in [5.74, 6) is -1.62. The van der Waals surface area contributed by atoms with E-state index < -0.39 is 23.0 Å². The van der Waals surface area contributed by atoms with E-state index in [2.05, 4.69) is 90.2 Å². The maximum absolute atomic E-state index is 14.1. The molecule has 214 valence electrons. The number of ether oxygens (including phenoxy) is 2. The van der Waals surface area contributed by atoms with Gasteiger partial charge in [-0.1, -0.05) is 115 Å². The molecule has 1 saturated carbocycles. The van der Waals surface area contributed by atoms with Crippen LogP contribution in [0.5, 0.6) is 0 Å². The van der Waals surface area contributed by atoms with Crippen LogP contribution in [0.1, 0.15) is 106 Å². The first kappa shape index (κ1) is 29.6. The Labute approximate surface area is 236 Å². The number of carbonyl (C=O) groups excluding carboxylic acids is 2. The minimum Gasteiger partial charge on any atom is -0.454 e. The number of hydrogen-bond donors (Lipinski definition) is 0. The number of rotatable bonds is 12. The average Bonchev–Trinajstić information content (AvgIpc) is 3.32. The molecule has 6 unspecified atom stereocenters. The van der Waals surface area contributed by atoms with E-state index in [0.29, 0.717) is 12.8 Å². The Morgan fingerprint density at radius 1 is 0.718 bits per heavy atom. The lowest BCUT2D eigenvalue weighted by Crippen LogP contribution is -2.43. The van der Waals surface area contributed by atoms with Gasteiger partial charge in [-0.05, 0) is 55.1 Å². The number of hydrogen-bond acceptors (Lipinski definition) is 4. The van der Waals surface area contributed by atoms with E-state index in [1.165, 1.54) is 11.1 Å². The summed E-state index contributed by atoms with van der Waals surface area (Å²) in [5, 5.41) is 0. The Morgan fingerprint density at radius 3 is 1.44 bits per heavy atom. The van der Waals surface area contributed by atoms with Gasteiger partial charge in [0.25, 0.3) is 0 Å². The average molecular weight is 535 g/mol. The zero-order valence-corrected chi connectivity index (χ0v) is 25.1. The van der Waals surface area contributed by atoms with Gasteiger partial charge in [0.15, 0.2) is 0 Å². The van der Waals surface area contributed by atoms with E-state index in [9.17, 15) is 9.59 Å². The van der Waals surface area contributed by atoms with Gasteiger partial charge < -0.3 is 9.47 Å². The number of allylic oxidation sites excluding steroid dienone is 6. The largest absolute Gasteiger partial charge is 0.454 e. The molecule has 4 nitrogen and oxygen atoms in total. The molecule has 0 N–H and O–H groups in total. The van der Waals surface area contributed by atoms with Crippen molar-refractivity contribution in [1.29, 1.82) is 0 Å². The van der Waals surface area contributed by atoms with Crippen LogP contribution in [0.25, 0.3) is 0 Å². The SMILES string of the molecule is CCCC1=CCC(CCC)(OC(=O)C2C(C(=O)OC3(CCC)C=CC(CCC)=CC3)C3C=CC2C3(C)C)C=C1. The Morgan fingerprint density at radius 2 is 1.13 bits per heavy atom. The van der Waals surface area contributed by atoms with Crippen LogP contribution in [0.2, 0.25) is 0 Å². The van der Waals surface area contributed by atoms with Crippen molar-refractivity contribution in [2.45, 2.75) is 117 Å². The minimum absolute atomic E-state index is 0.0370. The van der Waals surface area contributed by atoms with E-state index in [1.54, 1.807) is 0 Å². The second-order valence-electron chi connectivity index (χ2n) is 12.9. The summed E-state index contributed by atoms with van der Waals surface area (Å²) >= 11 is 0. The van der Waals surface area contributed by atoms with Gasteiger partial charge in [0.2, 0.25) is 0 Å². The summed E-state index contributed by atoms with van der Waals surface area (Å²) in [7, 11) is 0. The molecular weight excluding hydrogens is 484 g/mol. The van der Waals surface area contributed by atoms with Crippen LogP contribution in [0, 0.1) is 29.1 Å². The molecule has 4 aliphatic carbocycles. The van der Waals surface area contributed by atoms with Crippen molar-refractivity contribution in [3.05, 3.63) is 59.8 Å². The highest BCUT2D eigenvalue weighted by atomic mass is 16.6. The first-order valence-corrected chi connectivity index (χ1v) is 15.5. The second kappa shape index (κ2) is 12.0. The second-order valence-corrected chi connectivity index (χ2v) is 12.9. The van der Waals surface area contributed by atoms with Crippen molar-refractivity contribution in [2.75, 3.05) is 0 Å². The van der Waals surface area contributed by atoms with Crippen molar-refractivity contribution in [3.8, 4) is 0 Å². The molecule has 0 aromatic carbocycles. The van der Waals surface area contributed by atoms with Gasteiger partial charge in [-0.15, -0.1) is 0 Å². The minimum atomic E-state index is -0.636. The third-order valence-corrected chi connectivity index (χ3v) is 9.60. The molecule has 0 aromatic heterocycles. The number of carbonyl (C=O) groups is 2. The fourth-order valence-electron chi connectivity index (χ4n) is 7.51. The molecule has 4 aliphatic rings. The van der Waals surface area contributed by atoms with E-state index in [1.807, 2.05) is 0 Å². The fourth-order valence-corrected chi connectivity index (χ4v) is 7.51. The molecule has 6 atom stereocenters. The van der Waals surface area contributed by atoms with E-state index in [0.717, 1.165) is 51.4 Å². The van der Waals surface area contributed by atoms with E-state index in [4.69, 9.17) is 9.47 Å². The fraction of sp³-hybridized carbons (Fsp3) is 0.657. The molecule has 4 rings (SSSR count). The Bertz CT molecular complexity index is 990. The normalized spacial score (nSPS) is 34.1. The van der Waals surface area contributed by atoms with Crippen LogP contribution in [-0.2, 0) is 19.1 Å². The van der Waals surface area contributed by atoms with Crippen LogP contribution in [0.4, 0.5) is 0 Å². The maximum Gasteiger partial charge on any atom is 0.311 e. The van der Waals surface area contributed by atoms with Crippen LogP contribution in [-0.4, -0.2) is 23.1 Å². The lowest BCUT2D eigenvalue weighted by molar-refractivity contribution is -0.174. The summed E-state index contributed by atoms with van der Waals surface area (Å²) in [6, 6.07) is 0. The number of esters is 2. The first-order chi connectivity index (χ1) is 18.6. The highest BCUT2D eigenvalue weighted by Gasteiger charge is 2.63. The highest BCUT2D eigenvalue weighted by molar-refractivity contribution is 5.85. The van der Waals surface area contributed by atoms with Crippen molar-refractivity contribution in [2.24, 2.45) is 29.1 Å². The van der Waals surface area contributed by atoms with Crippen molar-refractivity contribution in [1.82, 2.24) is 0 Å². The van der Waals surface area contributed by atoms with Crippen molar-refractivity contribution in [3.63, 3.8) is 0 Å². The molecule has 0 radical (unpaired) electrons. The molecule has 0 saturated heterocycles. The Balaban J connectivity index is 1.57. The van der Waals surface area contributed by atoms with Gasteiger partial charge in [-0.25, -0.2) is 0 Å². The predicted octanol–water partition coefficient (Wildman–Crippen LogP) is 8.60. The molecule has 39 heavy (non-hydrogen) atoms. The van der Waals surface area contributed by atoms with Crippen molar-refractivity contribution >= 4 is 11.9 Å². The summed E-state index contributed by atoms with van der Waals surface area (Å²) in [6.07, 6.45) is 26.3. The van der Waals surface area contributed by atoms with Crippen LogP contribution in [0.3, 0.4) is 0 Å². The van der Waals surface area contributed by atoms with Crippen molar-refractivity contribution < 1.29 is 19.1 Å². The predicted molar refractivity (Wildman–Crippen MR) is 158 cm³/mol. The van der Waals surface area contributed by atoms with Gasteiger partial charge in [-0.2, -0.15) is 0 Å². The standard InChI is InChI=1S/C35H50O4/c1-7-11-25-15-21-34(19-9-3,22-16-25)38-31(36)29-27-13-14-28(33(27,5)6)30(29)32(37)39-35(20-10-4)23-17-26(12-8-2)18-24-35/h13-18,21,23,27-30H,7-12,19-20,22,24H2,1-6H3. The quantitative estimate of drug-likeness (QED) is 0.186. The Kier molecular flexibility index (Phi) is 9.13. The molecule has 0 spiro atoms. The summed E-state index contributed by atoms with van der Waals surface area (Å²) in [5.41, 5.74) is 1.15. The monoisotopic (exact) mass is 534 g/mol. The third kappa shape index (κ3) is 5.91. The summed E-state index contributed by atoms with van der Waals surface area (Å²) in [6.45, 7) is 13.0. The van der Waals surface area contributed by atoms with Crippen LogP contribution < -0.4 is 0 Å². The van der Waals surface area contributed by atoms with Gasteiger partial charge in [-0.3, -0.25) is 9.59 Å². The van der Waals surface area contributed by atoms with Gasteiger partial charge >= 0.3 is 11.9 Å². The third-order valence-electron chi connectivity index (χ3n) is 9.60. The molecule has 0 aliphatic heterocycles. The van der Waals surface area contributed by atoms with Gasteiger partial charge in [0, 0.05) is 12.8 Å². The first-order valence-electron chi connectivity index (χ1n) is 15.5. The lowest BCUT2D eigenvalue weighted by Gasteiger charge is -2.37. The molecule has 0 amide bonds. The van der Waals surface area contributed by atoms with E-state index in [-0.39, 0.29) is 29.2 Å². The Hall–Kier alpha value is -2.36. The lowest BCUT2D eigenvalue weighted by atomic mass is 9.79. The zero-order chi connectivity index (χ0) is 28.3. The zero-order valence-electron chi connectivity index (χ0n) is 25.1. The molecule has 0 aromatic rings. The van der Waals surface area contributed by atoms with Gasteiger partial charge in [0.05, 0.1) is 11.8 Å². The van der Waals surface area contributed by atoms with Gasteiger partial charge in [0.1, 0.15) is 11.2 Å². The topological polar surface area (TPSA) is 52.6 Å². The maximum atomic E-state index is 14.1. The molecular formula is C35H50O4. The summed E-state index contributed by atoms with van der Waals surface area (Å²) < 4.78 is 12.8. The summed E-state index contributed by atoms with van der Waals surface area (Å²) in [4.78, 5) is 28.1. The molecule has 1 fully saturated rings.